The van der Waals surface area contributed by atoms with Crippen LogP contribution in [0.1, 0.15) is 17.3 Å². The molecule has 0 aliphatic carbocycles. The highest BCUT2D eigenvalue weighted by Crippen LogP contribution is 2.28. The van der Waals surface area contributed by atoms with Gasteiger partial charge in [0.15, 0.2) is 23.2 Å². The van der Waals surface area contributed by atoms with Crippen LogP contribution in [0.25, 0.3) is 33.1 Å². The van der Waals surface area contributed by atoms with E-state index >= 15 is 0 Å². The van der Waals surface area contributed by atoms with Gasteiger partial charge in [0, 0.05) is 10.9 Å². The molecule has 8 heteroatoms. The molecule has 3 aromatic carbocycles. The second-order valence-electron chi connectivity index (χ2n) is 7.14. The molecule has 1 N–H and O–H groups in total. The van der Waals surface area contributed by atoms with Crippen LogP contribution in [-0.2, 0) is 9.53 Å². The number of fused-ring (bicyclic) bond motifs is 2. The minimum absolute atomic E-state index is 0.240. The highest BCUT2D eigenvalue weighted by atomic mass is 32.1. The highest BCUT2D eigenvalue weighted by Gasteiger charge is 2.22. The molecule has 0 fully saturated rings. The topological polar surface area (TPSA) is 94.3 Å². The smallest absolute Gasteiger partial charge is 0.341 e. The van der Waals surface area contributed by atoms with Gasteiger partial charge >= 0.3 is 5.97 Å². The number of nitrogens with zero attached hydrogens (tertiary/aromatic N) is 2. The Morgan fingerprint density at radius 1 is 1.06 bits per heavy atom. The van der Waals surface area contributed by atoms with E-state index in [4.69, 9.17) is 9.15 Å². The number of rotatable bonds is 5. The number of anilines is 1. The summed E-state index contributed by atoms with van der Waals surface area (Å²) >= 11 is 1.31. The van der Waals surface area contributed by atoms with Gasteiger partial charge in [0.25, 0.3) is 5.91 Å². The number of hydrogen-bond acceptors (Lipinski definition) is 7. The third-order valence-corrected chi connectivity index (χ3v) is 5.77. The zero-order valence-electron chi connectivity index (χ0n) is 16.9. The molecule has 5 aromatic rings. The Morgan fingerprint density at radius 2 is 1.91 bits per heavy atom. The predicted molar refractivity (Wildman–Crippen MR) is 123 cm³/mol. The normalized spacial score (nSPS) is 12.0. The van der Waals surface area contributed by atoms with Crippen LogP contribution < -0.4 is 5.32 Å². The Kier molecular flexibility index (Phi) is 5.12. The van der Waals surface area contributed by atoms with Crippen LogP contribution >= 0.6 is 11.3 Å². The minimum Gasteiger partial charge on any atom is -0.449 e. The van der Waals surface area contributed by atoms with Gasteiger partial charge in [-0.15, -0.1) is 11.3 Å². The van der Waals surface area contributed by atoms with E-state index in [0.29, 0.717) is 16.2 Å². The maximum absolute atomic E-state index is 12.6. The molecule has 7 nitrogen and oxygen atoms in total. The molecule has 0 radical (unpaired) electrons. The van der Waals surface area contributed by atoms with Crippen LogP contribution in [0.15, 0.2) is 76.9 Å². The van der Waals surface area contributed by atoms with Crippen molar-refractivity contribution < 1.29 is 18.7 Å². The number of ether oxygens (including phenoxy) is 1. The molecule has 0 aliphatic rings. The van der Waals surface area contributed by atoms with Crippen molar-refractivity contribution in [3.8, 4) is 11.3 Å². The fraction of sp³-hybridized carbons (Fsp3) is 0.0833. The zero-order valence-corrected chi connectivity index (χ0v) is 17.8. The van der Waals surface area contributed by atoms with Crippen molar-refractivity contribution in [2.45, 2.75) is 13.0 Å². The lowest BCUT2D eigenvalue weighted by molar-refractivity contribution is -0.123. The molecular formula is C24H17N3O4S. The van der Waals surface area contributed by atoms with Crippen LogP contribution in [0.2, 0.25) is 0 Å². The molecular weight excluding hydrogens is 426 g/mol. The standard InChI is InChI=1S/C24H17N3O4S/c1-14(31-23(29)18-7-4-8-20-21(18)25-13-30-20)22(28)27-24-26-19(12-32-24)17-10-9-15-5-2-3-6-16(15)11-17/h2-14H,1H3,(H,26,27,28). The number of oxazole rings is 1. The van der Waals surface area contributed by atoms with Crippen molar-refractivity contribution in [3.63, 3.8) is 0 Å². The first-order chi connectivity index (χ1) is 15.6. The first-order valence-electron chi connectivity index (χ1n) is 9.87. The van der Waals surface area contributed by atoms with Gasteiger partial charge in [-0.2, -0.15) is 0 Å². The van der Waals surface area contributed by atoms with Gasteiger partial charge in [0.2, 0.25) is 0 Å². The number of hydrogen-bond donors (Lipinski definition) is 1. The van der Waals surface area contributed by atoms with Gasteiger partial charge in [0.1, 0.15) is 5.52 Å². The van der Waals surface area contributed by atoms with Gasteiger partial charge in [-0.1, -0.05) is 42.5 Å². The van der Waals surface area contributed by atoms with Crippen molar-refractivity contribution in [3.05, 3.63) is 78.0 Å². The number of carbonyl (C=O) groups excluding carboxylic acids is 2. The largest absolute Gasteiger partial charge is 0.449 e. The maximum Gasteiger partial charge on any atom is 0.341 e. The Balaban J connectivity index is 1.27. The number of carbonyl (C=O) groups is 2. The first-order valence-corrected chi connectivity index (χ1v) is 10.8. The molecule has 158 valence electrons. The Bertz CT molecular complexity index is 1460. The first kappa shape index (κ1) is 19.9. The lowest BCUT2D eigenvalue weighted by atomic mass is 10.1. The number of benzene rings is 3. The number of thiazole rings is 1. The highest BCUT2D eigenvalue weighted by molar-refractivity contribution is 7.14. The molecule has 32 heavy (non-hydrogen) atoms. The van der Waals surface area contributed by atoms with E-state index in [-0.39, 0.29) is 5.56 Å². The third kappa shape index (κ3) is 3.83. The van der Waals surface area contributed by atoms with Gasteiger partial charge in [-0.25, -0.2) is 14.8 Å². The van der Waals surface area contributed by atoms with Crippen LogP contribution in [-0.4, -0.2) is 27.9 Å². The van der Waals surface area contributed by atoms with Crippen molar-refractivity contribution in [2.75, 3.05) is 5.32 Å². The second kappa shape index (κ2) is 8.24. The van der Waals surface area contributed by atoms with E-state index in [1.807, 2.05) is 35.7 Å². The molecule has 0 spiro atoms. The van der Waals surface area contributed by atoms with E-state index < -0.39 is 18.0 Å². The molecule has 0 aliphatic heterocycles. The number of nitrogens with one attached hydrogen (secondary N) is 1. The fourth-order valence-corrected chi connectivity index (χ4v) is 4.07. The number of aromatic nitrogens is 2. The van der Waals surface area contributed by atoms with Crippen LogP contribution in [0.5, 0.6) is 0 Å². The number of amides is 1. The summed E-state index contributed by atoms with van der Waals surface area (Å²) in [5.41, 5.74) is 2.83. The van der Waals surface area contributed by atoms with E-state index in [0.717, 1.165) is 22.0 Å². The lowest BCUT2D eigenvalue weighted by Crippen LogP contribution is -2.30. The molecule has 2 aromatic heterocycles. The fourth-order valence-electron chi connectivity index (χ4n) is 3.35. The summed E-state index contributed by atoms with van der Waals surface area (Å²) in [4.78, 5) is 33.6. The Hall–Kier alpha value is -4.04. The van der Waals surface area contributed by atoms with Gasteiger partial charge in [0.05, 0.1) is 11.3 Å². The summed E-state index contributed by atoms with van der Waals surface area (Å²) in [6, 6.07) is 19.1. The SMILES string of the molecule is CC(OC(=O)c1cccc2ocnc12)C(=O)Nc1nc(-c2ccc3ccccc3c2)cs1. The maximum atomic E-state index is 12.6. The Labute approximate surface area is 186 Å². The molecule has 2 heterocycles. The molecule has 1 amide bonds. The molecule has 0 saturated heterocycles. The average molecular weight is 443 g/mol. The van der Waals surface area contributed by atoms with E-state index in [1.54, 1.807) is 18.2 Å². The van der Waals surface area contributed by atoms with Gasteiger partial charge in [-0.05, 0) is 35.9 Å². The third-order valence-electron chi connectivity index (χ3n) is 5.01. The summed E-state index contributed by atoms with van der Waals surface area (Å²) in [5, 5.41) is 7.29. The zero-order chi connectivity index (χ0) is 22.1. The summed E-state index contributed by atoms with van der Waals surface area (Å²) in [5.74, 6) is -1.12. The molecule has 0 bridgehead atoms. The molecule has 0 saturated carbocycles. The van der Waals surface area contributed by atoms with Crippen molar-refractivity contribution in [1.82, 2.24) is 9.97 Å². The molecule has 1 unspecified atom stereocenters. The van der Waals surface area contributed by atoms with Crippen LogP contribution in [0.3, 0.4) is 0 Å². The second-order valence-corrected chi connectivity index (χ2v) is 8.00. The van der Waals surface area contributed by atoms with Crippen molar-refractivity contribution >= 4 is 50.2 Å². The summed E-state index contributed by atoms with van der Waals surface area (Å²) < 4.78 is 10.5. The number of para-hydroxylation sites is 1. The molecule has 1 atom stereocenters. The summed E-state index contributed by atoms with van der Waals surface area (Å²) in [6.45, 7) is 1.51. The summed E-state index contributed by atoms with van der Waals surface area (Å²) in [7, 11) is 0. The van der Waals surface area contributed by atoms with E-state index in [1.165, 1.54) is 24.7 Å². The van der Waals surface area contributed by atoms with Crippen molar-refractivity contribution in [2.24, 2.45) is 0 Å². The lowest BCUT2D eigenvalue weighted by Gasteiger charge is -2.12. The van der Waals surface area contributed by atoms with Gasteiger partial charge < -0.3 is 9.15 Å². The van der Waals surface area contributed by atoms with Gasteiger partial charge in [-0.3, -0.25) is 10.1 Å². The van der Waals surface area contributed by atoms with E-state index in [2.05, 4.69) is 27.4 Å². The van der Waals surface area contributed by atoms with Crippen molar-refractivity contribution in [1.29, 1.82) is 0 Å². The summed E-state index contributed by atoms with van der Waals surface area (Å²) in [6.07, 6.45) is 0.241. The molecule has 5 rings (SSSR count). The quantitative estimate of drug-likeness (QED) is 0.371. The average Bonchev–Trinajstić information content (AvgIpc) is 3.48. The monoisotopic (exact) mass is 443 g/mol. The Morgan fingerprint density at radius 3 is 2.78 bits per heavy atom. The predicted octanol–water partition coefficient (Wildman–Crippen LogP) is 5.29. The number of esters is 1. The van der Waals surface area contributed by atoms with Crippen LogP contribution in [0.4, 0.5) is 5.13 Å². The van der Waals surface area contributed by atoms with E-state index in [9.17, 15) is 9.59 Å². The minimum atomic E-state index is -1.02. The van der Waals surface area contributed by atoms with Crippen LogP contribution in [0, 0.1) is 0 Å².